The number of fused-ring (bicyclic) bond motifs is 2. The zero-order chi connectivity index (χ0) is 19.7. The van der Waals surface area contributed by atoms with Crippen molar-refractivity contribution >= 4 is 50.8 Å². The minimum atomic E-state index is -1.30. The zero-order valence-electron chi connectivity index (χ0n) is 15.9. The number of rotatable bonds is 5. The molecule has 0 spiro atoms. The Hall–Kier alpha value is -1.63. The molecule has 2 atom stereocenters. The summed E-state index contributed by atoms with van der Waals surface area (Å²) in [7, 11) is 0. The van der Waals surface area contributed by atoms with E-state index in [-0.39, 0.29) is 12.1 Å². The minimum Gasteiger partial charge on any atom is -0.243 e. The summed E-state index contributed by atoms with van der Waals surface area (Å²) in [5.41, 5.74) is 2.44. The van der Waals surface area contributed by atoms with Crippen molar-refractivity contribution in [1.82, 2.24) is 4.67 Å². The summed E-state index contributed by atoms with van der Waals surface area (Å²) in [6.07, 6.45) is 0. The quantitative estimate of drug-likeness (QED) is 0.288. The van der Waals surface area contributed by atoms with Gasteiger partial charge in [0.05, 0.1) is 0 Å². The van der Waals surface area contributed by atoms with Crippen molar-refractivity contribution in [3.63, 3.8) is 0 Å². The average Bonchev–Trinajstić information content (AvgIpc) is 2.72. The molecular formula is C24H22Cl2NP. The first-order valence-corrected chi connectivity index (χ1v) is 12.5. The Kier molecular flexibility index (Phi) is 5.90. The molecule has 4 aromatic rings. The van der Waals surface area contributed by atoms with Gasteiger partial charge in [-0.05, 0) is 58.7 Å². The lowest BCUT2D eigenvalue weighted by Gasteiger charge is -2.35. The molecule has 0 aliphatic carbocycles. The number of benzene rings is 4. The maximum Gasteiger partial charge on any atom is 0.160 e. The molecule has 0 aliphatic heterocycles. The molecule has 0 bridgehead atoms. The van der Waals surface area contributed by atoms with E-state index in [2.05, 4.69) is 103 Å². The summed E-state index contributed by atoms with van der Waals surface area (Å²) in [6.45, 7) is 3.07. The van der Waals surface area contributed by atoms with Gasteiger partial charge >= 0.3 is 0 Å². The zero-order valence-corrected chi connectivity index (χ0v) is 18.3. The van der Waals surface area contributed by atoms with Crippen LogP contribution in [-0.4, -0.2) is 4.67 Å². The molecule has 0 saturated carbocycles. The van der Waals surface area contributed by atoms with Gasteiger partial charge in [-0.1, -0.05) is 95.3 Å². The van der Waals surface area contributed by atoms with E-state index in [0.29, 0.717) is 0 Å². The van der Waals surface area contributed by atoms with Crippen LogP contribution < -0.4 is 0 Å². The van der Waals surface area contributed by atoms with Crippen LogP contribution in [-0.2, 0) is 0 Å². The molecule has 0 aliphatic rings. The molecule has 0 fully saturated rings. The second-order valence-electron chi connectivity index (χ2n) is 7.16. The molecule has 0 N–H and O–H groups in total. The predicted molar refractivity (Wildman–Crippen MR) is 125 cm³/mol. The van der Waals surface area contributed by atoms with Crippen molar-refractivity contribution in [2.75, 3.05) is 0 Å². The lowest BCUT2D eigenvalue weighted by atomic mass is 9.99. The van der Waals surface area contributed by atoms with Gasteiger partial charge < -0.3 is 0 Å². The predicted octanol–water partition coefficient (Wildman–Crippen LogP) is 8.82. The van der Waals surface area contributed by atoms with Gasteiger partial charge in [-0.15, -0.1) is 0 Å². The van der Waals surface area contributed by atoms with E-state index in [9.17, 15) is 0 Å². The van der Waals surface area contributed by atoms with Gasteiger partial charge in [-0.25, -0.2) is 4.67 Å². The largest absolute Gasteiger partial charge is 0.243 e. The van der Waals surface area contributed by atoms with E-state index in [1.54, 1.807) is 0 Å². The molecule has 0 unspecified atom stereocenters. The SMILES string of the molecule is C[C@@H](c1ccc2ccccc2c1)N([C@@H](C)c1ccc2ccccc2c1)P(Cl)Cl. The van der Waals surface area contributed by atoms with Gasteiger partial charge in [0, 0.05) is 12.1 Å². The van der Waals surface area contributed by atoms with Crippen LogP contribution >= 0.6 is 29.3 Å². The molecule has 0 radical (unpaired) electrons. The monoisotopic (exact) mass is 425 g/mol. The molecule has 4 heteroatoms. The highest BCUT2D eigenvalue weighted by Gasteiger charge is 2.28. The standard InChI is InChI=1S/C24H22Cl2NP/c1-17(21-13-11-19-7-3-5-9-23(19)15-21)27(28(25)26)18(2)22-14-12-20-8-4-6-10-24(20)16-22/h3-18H,1-2H3/t17-,18-/m0/s1. The van der Waals surface area contributed by atoms with Crippen molar-refractivity contribution in [3.05, 3.63) is 96.1 Å². The Morgan fingerprint density at radius 1 is 0.607 bits per heavy atom. The molecule has 1 nitrogen and oxygen atoms in total. The van der Waals surface area contributed by atoms with Crippen LogP contribution in [0, 0.1) is 0 Å². The normalized spacial score (nSPS) is 14.1. The molecule has 142 valence electrons. The molecular weight excluding hydrogens is 404 g/mol. The first-order valence-electron chi connectivity index (χ1n) is 9.42. The summed E-state index contributed by atoms with van der Waals surface area (Å²) < 4.78 is 2.21. The molecule has 0 saturated heterocycles. The van der Waals surface area contributed by atoms with Crippen LogP contribution in [0.15, 0.2) is 84.9 Å². The Labute approximate surface area is 177 Å². The summed E-state index contributed by atoms with van der Waals surface area (Å²) in [5.74, 6) is 0. The van der Waals surface area contributed by atoms with Gasteiger partial charge in [0.1, 0.15) is 0 Å². The van der Waals surface area contributed by atoms with Crippen LogP contribution in [0.5, 0.6) is 0 Å². The lowest BCUT2D eigenvalue weighted by Crippen LogP contribution is -2.23. The van der Waals surface area contributed by atoms with Crippen LogP contribution in [0.25, 0.3) is 21.5 Å². The summed E-state index contributed by atoms with van der Waals surface area (Å²) in [4.78, 5) is 0. The van der Waals surface area contributed by atoms with E-state index in [4.69, 9.17) is 22.5 Å². The minimum absolute atomic E-state index is 0.104. The second-order valence-corrected chi connectivity index (χ2v) is 10.5. The first-order chi connectivity index (χ1) is 13.5. The third kappa shape index (κ3) is 3.91. The van der Waals surface area contributed by atoms with Crippen molar-refractivity contribution in [2.45, 2.75) is 25.9 Å². The van der Waals surface area contributed by atoms with Crippen LogP contribution in [0.3, 0.4) is 0 Å². The third-order valence-corrected chi connectivity index (χ3v) is 7.57. The van der Waals surface area contributed by atoms with Gasteiger partial charge in [0.2, 0.25) is 0 Å². The number of hydrogen-bond donors (Lipinski definition) is 0. The van der Waals surface area contributed by atoms with Crippen LogP contribution in [0.4, 0.5) is 0 Å². The Bertz CT molecular complexity index is 1030. The van der Waals surface area contributed by atoms with E-state index in [0.717, 1.165) is 0 Å². The van der Waals surface area contributed by atoms with Gasteiger partial charge in [-0.2, -0.15) is 0 Å². The van der Waals surface area contributed by atoms with E-state index in [1.165, 1.54) is 32.7 Å². The topological polar surface area (TPSA) is 3.24 Å². The first kappa shape index (κ1) is 19.7. The van der Waals surface area contributed by atoms with E-state index >= 15 is 0 Å². The third-order valence-electron chi connectivity index (χ3n) is 5.48. The fraction of sp³-hybridized carbons (Fsp3) is 0.167. The molecule has 0 amide bonds. The van der Waals surface area contributed by atoms with Crippen LogP contribution in [0.2, 0.25) is 0 Å². The lowest BCUT2D eigenvalue weighted by molar-refractivity contribution is 0.306. The van der Waals surface area contributed by atoms with Crippen LogP contribution in [0.1, 0.15) is 37.1 Å². The fourth-order valence-electron chi connectivity index (χ4n) is 3.84. The van der Waals surface area contributed by atoms with E-state index < -0.39 is 6.78 Å². The Morgan fingerprint density at radius 3 is 1.39 bits per heavy atom. The fourth-order valence-corrected chi connectivity index (χ4v) is 6.20. The van der Waals surface area contributed by atoms with Crippen molar-refractivity contribution in [2.24, 2.45) is 0 Å². The maximum atomic E-state index is 6.53. The van der Waals surface area contributed by atoms with Crippen molar-refractivity contribution in [1.29, 1.82) is 0 Å². The summed E-state index contributed by atoms with van der Waals surface area (Å²) in [5, 5.41) is 4.95. The molecule has 0 aromatic heterocycles. The average molecular weight is 426 g/mol. The van der Waals surface area contributed by atoms with Crippen molar-refractivity contribution < 1.29 is 0 Å². The number of hydrogen-bond acceptors (Lipinski definition) is 1. The Morgan fingerprint density at radius 2 is 1.00 bits per heavy atom. The smallest absolute Gasteiger partial charge is 0.160 e. The van der Waals surface area contributed by atoms with Gasteiger partial charge in [0.25, 0.3) is 0 Å². The maximum absolute atomic E-state index is 6.53. The molecule has 28 heavy (non-hydrogen) atoms. The van der Waals surface area contributed by atoms with Gasteiger partial charge in [0.15, 0.2) is 6.78 Å². The molecule has 4 rings (SSSR count). The highest BCUT2D eigenvalue weighted by molar-refractivity contribution is 8.02. The highest BCUT2D eigenvalue weighted by Crippen LogP contribution is 2.58. The summed E-state index contributed by atoms with van der Waals surface area (Å²) >= 11 is 13.1. The van der Waals surface area contributed by atoms with E-state index in [1.807, 2.05) is 0 Å². The number of halogens is 2. The molecule has 0 heterocycles. The summed E-state index contributed by atoms with van der Waals surface area (Å²) in [6, 6.07) is 30.2. The highest BCUT2D eigenvalue weighted by atomic mass is 35.9. The van der Waals surface area contributed by atoms with Crippen molar-refractivity contribution in [3.8, 4) is 0 Å². The number of nitrogens with zero attached hydrogens (tertiary/aromatic N) is 1. The van der Waals surface area contributed by atoms with Gasteiger partial charge in [-0.3, -0.25) is 0 Å². The Balaban J connectivity index is 1.69. The molecule has 4 aromatic carbocycles. The second kappa shape index (κ2) is 8.39.